The highest BCUT2D eigenvalue weighted by Gasteiger charge is 2.47. The van der Waals surface area contributed by atoms with E-state index in [2.05, 4.69) is 182 Å². The molecule has 0 bridgehead atoms. The van der Waals surface area contributed by atoms with Gasteiger partial charge in [0.2, 0.25) is 0 Å². The number of fused-ring (bicyclic) bond motifs is 8. The first-order valence-corrected chi connectivity index (χ1v) is 18.0. The molecule has 1 aliphatic carbocycles. The predicted octanol–water partition coefficient (Wildman–Crippen LogP) is 13.0. The molecule has 0 spiro atoms. The zero-order valence-electron chi connectivity index (χ0n) is 28.7. The van der Waals surface area contributed by atoms with Gasteiger partial charge in [0.25, 0.3) is 0 Å². The molecule has 53 heavy (non-hydrogen) atoms. The monoisotopic (exact) mass is 677 g/mol. The standard InChI is InChI=1S/C50H31NO2/c1-3-12-37(13-4-1)50(38-14-5-2-6-15-38)42-18-10-9-17-40(42)41-30-47-48(31-43(41)50)52-45-28-26-36(29-46(45)53-47)32-19-22-34(23-20-32)44-27-25-35-24-21-33-11-7-8-16-39(33)49(35)51-44/h1-31H. The number of benzene rings is 8. The third-order valence-corrected chi connectivity index (χ3v) is 11.0. The number of rotatable bonds is 4. The van der Waals surface area contributed by atoms with Gasteiger partial charge in [-0.3, -0.25) is 0 Å². The van der Waals surface area contributed by atoms with Crippen LogP contribution >= 0.6 is 0 Å². The van der Waals surface area contributed by atoms with Crippen molar-refractivity contribution in [2.75, 3.05) is 0 Å². The third-order valence-electron chi connectivity index (χ3n) is 11.0. The van der Waals surface area contributed by atoms with Gasteiger partial charge < -0.3 is 9.47 Å². The molecule has 3 heteroatoms. The van der Waals surface area contributed by atoms with E-state index in [1.54, 1.807) is 0 Å². The number of aromatic nitrogens is 1. The third kappa shape index (κ3) is 4.51. The Morgan fingerprint density at radius 1 is 0.377 bits per heavy atom. The topological polar surface area (TPSA) is 31.4 Å². The summed E-state index contributed by atoms with van der Waals surface area (Å²) in [5.41, 5.74) is 11.9. The number of hydrogen-bond acceptors (Lipinski definition) is 3. The van der Waals surface area contributed by atoms with Gasteiger partial charge in [0.15, 0.2) is 23.0 Å². The van der Waals surface area contributed by atoms with Crippen LogP contribution in [-0.4, -0.2) is 4.98 Å². The average Bonchev–Trinajstić information content (AvgIpc) is 3.52. The maximum absolute atomic E-state index is 6.69. The second kappa shape index (κ2) is 11.5. The second-order valence-corrected chi connectivity index (χ2v) is 13.9. The fraction of sp³-hybridized carbons (Fsp3) is 0.0200. The summed E-state index contributed by atoms with van der Waals surface area (Å²) in [5, 5.41) is 3.51. The molecule has 9 aromatic rings. The van der Waals surface area contributed by atoms with Gasteiger partial charge in [-0.25, -0.2) is 4.98 Å². The van der Waals surface area contributed by atoms with Crippen LogP contribution in [0.25, 0.3) is 55.2 Å². The molecule has 248 valence electrons. The zero-order valence-corrected chi connectivity index (χ0v) is 28.7. The van der Waals surface area contributed by atoms with Crippen molar-refractivity contribution >= 4 is 21.7 Å². The van der Waals surface area contributed by atoms with Crippen LogP contribution in [0.15, 0.2) is 188 Å². The molecule has 0 radical (unpaired) electrons. The first kappa shape index (κ1) is 29.7. The Morgan fingerprint density at radius 3 is 1.79 bits per heavy atom. The van der Waals surface area contributed by atoms with E-state index in [1.807, 2.05) is 6.07 Å². The minimum Gasteiger partial charge on any atom is -0.450 e. The first-order chi connectivity index (χ1) is 26.2. The van der Waals surface area contributed by atoms with E-state index >= 15 is 0 Å². The van der Waals surface area contributed by atoms with Crippen LogP contribution < -0.4 is 9.47 Å². The molecule has 0 saturated carbocycles. The Morgan fingerprint density at radius 2 is 0.981 bits per heavy atom. The van der Waals surface area contributed by atoms with Crippen molar-refractivity contribution in [3.05, 3.63) is 210 Å². The van der Waals surface area contributed by atoms with Crippen molar-refractivity contribution in [1.29, 1.82) is 0 Å². The zero-order chi connectivity index (χ0) is 34.9. The Labute approximate surface area is 307 Å². The van der Waals surface area contributed by atoms with Crippen molar-refractivity contribution in [3.63, 3.8) is 0 Å². The van der Waals surface area contributed by atoms with Crippen LogP contribution in [-0.2, 0) is 5.41 Å². The number of pyridine rings is 1. The molecule has 0 amide bonds. The van der Waals surface area contributed by atoms with Crippen LogP contribution in [0.3, 0.4) is 0 Å². The number of nitrogens with zero attached hydrogens (tertiary/aromatic N) is 1. The molecule has 11 rings (SSSR count). The maximum atomic E-state index is 6.69. The molecular formula is C50H31NO2. The van der Waals surface area contributed by atoms with Crippen molar-refractivity contribution in [2.24, 2.45) is 0 Å². The Hall–Kier alpha value is -6.97. The second-order valence-electron chi connectivity index (χ2n) is 13.9. The molecule has 2 aliphatic rings. The average molecular weight is 678 g/mol. The maximum Gasteiger partial charge on any atom is 0.170 e. The van der Waals surface area contributed by atoms with E-state index in [-0.39, 0.29) is 0 Å². The van der Waals surface area contributed by atoms with Gasteiger partial charge in [0.05, 0.1) is 16.6 Å². The number of ether oxygens (including phenoxy) is 2. The van der Waals surface area contributed by atoms with E-state index in [1.165, 1.54) is 38.6 Å². The van der Waals surface area contributed by atoms with Crippen LogP contribution in [0.5, 0.6) is 23.0 Å². The molecule has 0 atom stereocenters. The van der Waals surface area contributed by atoms with E-state index in [9.17, 15) is 0 Å². The fourth-order valence-electron chi connectivity index (χ4n) is 8.55. The van der Waals surface area contributed by atoms with Crippen LogP contribution in [0.1, 0.15) is 22.3 Å². The van der Waals surface area contributed by atoms with Gasteiger partial charge in [0, 0.05) is 16.3 Å². The normalized spacial score (nSPS) is 13.4. The smallest absolute Gasteiger partial charge is 0.170 e. The highest BCUT2D eigenvalue weighted by molar-refractivity contribution is 6.05. The highest BCUT2D eigenvalue weighted by atomic mass is 16.6. The molecule has 0 saturated heterocycles. The first-order valence-electron chi connectivity index (χ1n) is 18.0. The molecule has 0 N–H and O–H groups in total. The van der Waals surface area contributed by atoms with Gasteiger partial charge in [-0.2, -0.15) is 0 Å². The fourth-order valence-corrected chi connectivity index (χ4v) is 8.55. The van der Waals surface area contributed by atoms with E-state index in [4.69, 9.17) is 14.5 Å². The van der Waals surface area contributed by atoms with Crippen molar-refractivity contribution in [3.8, 4) is 56.5 Å². The summed E-state index contributed by atoms with van der Waals surface area (Å²) in [7, 11) is 0. The molecule has 0 fully saturated rings. The lowest BCUT2D eigenvalue weighted by molar-refractivity contribution is 0.359. The lowest BCUT2D eigenvalue weighted by atomic mass is 9.67. The molecule has 8 aromatic carbocycles. The molecule has 2 heterocycles. The Kier molecular flexibility index (Phi) is 6.47. The molecule has 0 unspecified atom stereocenters. The molecule has 3 nitrogen and oxygen atoms in total. The van der Waals surface area contributed by atoms with Crippen molar-refractivity contribution in [1.82, 2.24) is 4.98 Å². The quantitative estimate of drug-likeness (QED) is 0.174. The SMILES string of the molecule is c1ccc(C2(c3ccccc3)c3ccccc3-c3cc4c(cc32)Oc2ccc(-c3ccc(-c5ccc6ccc7ccccc7c6n5)cc3)cc2O4)cc1. The van der Waals surface area contributed by atoms with E-state index in [0.717, 1.165) is 38.9 Å². The van der Waals surface area contributed by atoms with Crippen molar-refractivity contribution in [2.45, 2.75) is 5.41 Å². The van der Waals surface area contributed by atoms with Crippen LogP contribution in [0.2, 0.25) is 0 Å². The summed E-state index contributed by atoms with van der Waals surface area (Å²) in [6.07, 6.45) is 0. The lowest BCUT2D eigenvalue weighted by Crippen LogP contribution is -2.28. The van der Waals surface area contributed by atoms with Crippen molar-refractivity contribution < 1.29 is 9.47 Å². The summed E-state index contributed by atoms with van der Waals surface area (Å²) in [6.45, 7) is 0. The van der Waals surface area contributed by atoms with Gasteiger partial charge >= 0.3 is 0 Å². The van der Waals surface area contributed by atoms with E-state index < -0.39 is 5.41 Å². The van der Waals surface area contributed by atoms with Gasteiger partial charge in [-0.05, 0) is 80.2 Å². The summed E-state index contributed by atoms with van der Waals surface area (Å²) in [4.78, 5) is 5.10. The van der Waals surface area contributed by atoms with Gasteiger partial charge in [-0.1, -0.05) is 158 Å². The lowest BCUT2D eigenvalue weighted by Gasteiger charge is -2.34. The number of hydrogen-bond donors (Lipinski definition) is 0. The molecule has 1 aliphatic heterocycles. The predicted molar refractivity (Wildman–Crippen MR) is 214 cm³/mol. The summed E-state index contributed by atoms with van der Waals surface area (Å²) in [5.74, 6) is 2.83. The molecule has 1 aromatic heterocycles. The van der Waals surface area contributed by atoms with Crippen LogP contribution in [0, 0.1) is 0 Å². The largest absolute Gasteiger partial charge is 0.450 e. The Balaban J connectivity index is 0.959. The Bertz CT molecular complexity index is 2840. The van der Waals surface area contributed by atoms with Crippen LogP contribution in [0.4, 0.5) is 0 Å². The summed E-state index contributed by atoms with van der Waals surface area (Å²) in [6, 6.07) is 66.5. The van der Waals surface area contributed by atoms with Gasteiger partial charge in [-0.15, -0.1) is 0 Å². The minimum absolute atomic E-state index is 0.501. The molecular weight excluding hydrogens is 647 g/mol. The summed E-state index contributed by atoms with van der Waals surface area (Å²) >= 11 is 0. The summed E-state index contributed by atoms with van der Waals surface area (Å²) < 4.78 is 13.4. The van der Waals surface area contributed by atoms with E-state index in [0.29, 0.717) is 23.0 Å². The van der Waals surface area contributed by atoms with Gasteiger partial charge in [0.1, 0.15) is 0 Å². The highest BCUT2D eigenvalue weighted by Crippen LogP contribution is 2.59. The minimum atomic E-state index is -0.501.